The second-order valence-electron chi connectivity index (χ2n) is 1.94. The van der Waals surface area contributed by atoms with E-state index in [0.29, 0.717) is 5.56 Å². The maximum absolute atomic E-state index is 8.96. The predicted octanol–water partition coefficient (Wildman–Crippen LogP) is 0.758. The Morgan fingerprint density at radius 3 is 2.20 bits per heavy atom. The van der Waals surface area contributed by atoms with E-state index in [1.807, 2.05) is 0 Å². The topological polar surface area (TPSA) is 40.5 Å². The van der Waals surface area contributed by atoms with Gasteiger partial charge >= 0.3 is 29.6 Å². The number of aromatic hydroxyl groups is 2. The molecule has 1 aromatic carbocycles. The normalized spacial score (nSPS) is 8.50. The quantitative estimate of drug-likeness (QED) is 0.421. The molecule has 50 valence electrons. The van der Waals surface area contributed by atoms with Crippen LogP contribution in [-0.2, 0) is 0 Å². The summed E-state index contributed by atoms with van der Waals surface area (Å²) in [4.78, 5) is 0. The summed E-state index contributed by atoms with van der Waals surface area (Å²) in [7, 11) is 0. The maximum atomic E-state index is 8.96. The van der Waals surface area contributed by atoms with Crippen molar-refractivity contribution in [2.75, 3.05) is 0 Å². The van der Waals surface area contributed by atoms with E-state index in [1.54, 1.807) is 19.1 Å². The van der Waals surface area contributed by atoms with Crippen LogP contribution in [0.5, 0.6) is 11.5 Å². The molecule has 0 heterocycles. The van der Waals surface area contributed by atoms with E-state index < -0.39 is 0 Å². The first-order valence-electron chi connectivity index (χ1n) is 2.69. The molecule has 0 unspecified atom stereocenters. The summed E-state index contributed by atoms with van der Waals surface area (Å²) >= 11 is 0. The molecular formula is C7H9NaO2. The standard InChI is InChI=1S/C7H8O2.Na.H/c1-5-3-2-4-6(8)7(5)9;;/h2-4,8-9H,1H3;;. The van der Waals surface area contributed by atoms with Gasteiger partial charge in [-0.2, -0.15) is 0 Å². The molecule has 2 N–H and O–H groups in total. The number of hydrogen-bond donors (Lipinski definition) is 2. The van der Waals surface area contributed by atoms with E-state index in [2.05, 4.69) is 0 Å². The molecule has 0 aromatic heterocycles. The average molecular weight is 148 g/mol. The summed E-state index contributed by atoms with van der Waals surface area (Å²) in [5.41, 5.74) is 0.690. The molecule has 0 aliphatic heterocycles. The van der Waals surface area contributed by atoms with Crippen molar-refractivity contribution >= 4 is 29.6 Å². The second-order valence-corrected chi connectivity index (χ2v) is 1.94. The molecule has 1 rings (SSSR count). The molecule has 0 radical (unpaired) electrons. The van der Waals surface area contributed by atoms with Gasteiger partial charge in [0.1, 0.15) is 0 Å². The van der Waals surface area contributed by atoms with Gasteiger partial charge in [-0.3, -0.25) is 0 Å². The van der Waals surface area contributed by atoms with Gasteiger partial charge in [0.2, 0.25) is 0 Å². The van der Waals surface area contributed by atoms with Crippen LogP contribution in [0.4, 0.5) is 0 Å². The summed E-state index contributed by atoms with van der Waals surface area (Å²) in [6.07, 6.45) is 0. The molecule has 0 aliphatic rings. The van der Waals surface area contributed by atoms with Crippen LogP contribution in [0.15, 0.2) is 18.2 Å². The van der Waals surface area contributed by atoms with E-state index in [1.165, 1.54) is 6.07 Å². The second kappa shape index (κ2) is 3.86. The van der Waals surface area contributed by atoms with Crippen LogP contribution < -0.4 is 0 Å². The Balaban J connectivity index is 0.000000810. The summed E-state index contributed by atoms with van der Waals surface area (Å²) < 4.78 is 0. The number of aryl methyl sites for hydroxylation is 1. The average Bonchev–Trinajstić information content (AvgIpc) is 1.83. The van der Waals surface area contributed by atoms with Crippen LogP contribution in [0, 0.1) is 6.92 Å². The van der Waals surface area contributed by atoms with E-state index in [4.69, 9.17) is 10.2 Å². The molecule has 2 nitrogen and oxygen atoms in total. The number of phenolic OH excluding ortho intramolecular Hbond substituents is 2. The summed E-state index contributed by atoms with van der Waals surface area (Å²) in [6.45, 7) is 1.73. The number of phenols is 2. The number of benzene rings is 1. The third-order valence-electron chi connectivity index (χ3n) is 1.22. The number of para-hydroxylation sites is 1. The zero-order valence-electron chi connectivity index (χ0n) is 5.13. The van der Waals surface area contributed by atoms with Crippen molar-refractivity contribution in [3.63, 3.8) is 0 Å². The molecule has 3 heteroatoms. The first kappa shape index (κ1) is 9.82. The summed E-state index contributed by atoms with van der Waals surface area (Å²) in [6, 6.07) is 4.86. The minimum atomic E-state index is -0.0602. The molecule has 0 saturated carbocycles. The van der Waals surface area contributed by atoms with Gasteiger partial charge in [-0.1, -0.05) is 12.1 Å². The van der Waals surface area contributed by atoms with Crippen molar-refractivity contribution < 1.29 is 10.2 Å². The van der Waals surface area contributed by atoms with Gasteiger partial charge < -0.3 is 10.2 Å². The zero-order valence-corrected chi connectivity index (χ0v) is 5.13. The Kier molecular flexibility index (Phi) is 3.79. The van der Waals surface area contributed by atoms with Crippen molar-refractivity contribution in [2.24, 2.45) is 0 Å². The van der Waals surface area contributed by atoms with Crippen LogP contribution in [0.2, 0.25) is 0 Å². The molecule has 0 saturated heterocycles. The third kappa shape index (κ3) is 1.90. The minimum absolute atomic E-state index is 0. The first-order chi connectivity index (χ1) is 4.22. The molecular weight excluding hydrogens is 139 g/mol. The number of rotatable bonds is 0. The molecule has 0 aliphatic carbocycles. The fraction of sp³-hybridized carbons (Fsp3) is 0.143. The van der Waals surface area contributed by atoms with Crippen LogP contribution >= 0.6 is 0 Å². The van der Waals surface area contributed by atoms with Crippen molar-refractivity contribution in [1.29, 1.82) is 0 Å². The van der Waals surface area contributed by atoms with Crippen LogP contribution in [0.1, 0.15) is 5.56 Å². The van der Waals surface area contributed by atoms with E-state index >= 15 is 0 Å². The van der Waals surface area contributed by atoms with Gasteiger partial charge in [0.15, 0.2) is 11.5 Å². The predicted molar refractivity (Wildman–Crippen MR) is 41.7 cm³/mol. The van der Waals surface area contributed by atoms with Gasteiger partial charge in [-0.25, -0.2) is 0 Å². The third-order valence-corrected chi connectivity index (χ3v) is 1.22. The Morgan fingerprint density at radius 1 is 1.20 bits per heavy atom. The molecule has 10 heavy (non-hydrogen) atoms. The van der Waals surface area contributed by atoms with Crippen molar-refractivity contribution in [3.8, 4) is 11.5 Å². The van der Waals surface area contributed by atoms with E-state index in [0.717, 1.165) is 0 Å². The van der Waals surface area contributed by atoms with Gasteiger partial charge in [-0.15, -0.1) is 0 Å². The molecule has 0 bridgehead atoms. The monoisotopic (exact) mass is 148 g/mol. The van der Waals surface area contributed by atoms with Gasteiger partial charge in [0, 0.05) is 0 Å². The van der Waals surface area contributed by atoms with E-state index in [9.17, 15) is 0 Å². The Hall–Kier alpha value is -0.180. The fourth-order valence-electron chi connectivity index (χ4n) is 0.643. The Labute approximate surface area is 81.8 Å². The zero-order chi connectivity index (χ0) is 6.85. The van der Waals surface area contributed by atoms with Crippen LogP contribution in [0.3, 0.4) is 0 Å². The number of hydrogen-bond acceptors (Lipinski definition) is 2. The molecule has 1 aromatic rings. The van der Waals surface area contributed by atoms with Gasteiger partial charge in [-0.05, 0) is 18.6 Å². The molecule has 0 spiro atoms. The Morgan fingerprint density at radius 2 is 1.80 bits per heavy atom. The van der Waals surface area contributed by atoms with Crippen molar-refractivity contribution in [3.05, 3.63) is 23.8 Å². The fourth-order valence-corrected chi connectivity index (χ4v) is 0.643. The summed E-state index contributed by atoms with van der Waals surface area (Å²) in [5, 5.41) is 17.8. The van der Waals surface area contributed by atoms with Crippen LogP contribution in [-0.4, -0.2) is 39.8 Å². The SMILES string of the molecule is Cc1cccc(O)c1O.[NaH]. The van der Waals surface area contributed by atoms with Crippen LogP contribution in [0.25, 0.3) is 0 Å². The molecule has 0 amide bonds. The first-order valence-corrected chi connectivity index (χ1v) is 2.69. The van der Waals surface area contributed by atoms with Crippen molar-refractivity contribution in [1.82, 2.24) is 0 Å². The summed E-state index contributed by atoms with van der Waals surface area (Å²) in [5.74, 6) is -0.0903. The molecule has 0 atom stereocenters. The Bertz CT molecular complexity index is 203. The van der Waals surface area contributed by atoms with Crippen molar-refractivity contribution in [2.45, 2.75) is 6.92 Å². The van der Waals surface area contributed by atoms with E-state index in [-0.39, 0.29) is 41.1 Å². The molecule has 0 fully saturated rings. The van der Waals surface area contributed by atoms with Gasteiger partial charge in [0.25, 0.3) is 0 Å². The van der Waals surface area contributed by atoms with Gasteiger partial charge in [0.05, 0.1) is 0 Å².